The SMILES string of the molecule is CC1(O)Nc2ccccc2-n2cc(C(=O)c3ccccc3)nc21. The fourth-order valence-corrected chi connectivity index (χ4v) is 2.86. The van der Waals surface area contributed by atoms with Crippen LogP contribution in [0.4, 0.5) is 5.69 Å². The molecule has 0 saturated carbocycles. The number of carbonyl (C=O) groups is 1. The second kappa shape index (κ2) is 4.79. The molecule has 0 amide bonds. The zero-order valence-corrected chi connectivity index (χ0v) is 12.5. The van der Waals surface area contributed by atoms with Crippen molar-refractivity contribution in [3.8, 4) is 5.69 Å². The van der Waals surface area contributed by atoms with Crippen molar-refractivity contribution in [1.29, 1.82) is 0 Å². The number of nitrogens with one attached hydrogen (secondary N) is 1. The third kappa shape index (κ3) is 2.13. The van der Waals surface area contributed by atoms with Crippen LogP contribution in [-0.2, 0) is 5.72 Å². The van der Waals surface area contributed by atoms with E-state index in [-0.39, 0.29) is 5.78 Å². The van der Waals surface area contributed by atoms with Crippen molar-refractivity contribution in [1.82, 2.24) is 9.55 Å². The first-order chi connectivity index (χ1) is 11.1. The van der Waals surface area contributed by atoms with Crippen LogP contribution in [0.2, 0.25) is 0 Å². The normalized spacial score (nSPS) is 18.7. The van der Waals surface area contributed by atoms with Gasteiger partial charge in [-0.15, -0.1) is 0 Å². The molecule has 0 aliphatic carbocycles. The highest BCUT2D eigenvalue weighted by molar-refractivity contribution is 6.07. The topological polar surface area (TPSA) is 67.2 Å². The molecule has 0 spiro atoms. The number of rotatable bonds is 2. The Hall–Kier alpha value is -2.92. The summed E-state index contributed by atoms with van der Waals surface area (Å²) in [5, 5.41) is 13.7. The second-order valence-corrected chi connectivity index (χ2v) is 5.73. The summed E-state index contributed by atoms with van der Waals surface area (Å²) in [4.78, 5) is 17.0. The van der Waals surface area contributed by atoms with E-state index in [2.05, 4.69) is 10.3 Å². The van der Waals surface area contributed by atoms with E-state index in [0.29, 0.717) is 17.1 Å². The number of anilines is 1. The van der Waals surface area contributed by atoms with E-state index in [9.17, 15) is 9.90 Å². The number of aliphatic hydroxyl groups is 1. The zero-order chi connectivity index (χ0) is 16.0. The predicted molar refractivity (Wildman–Crippen MR) is 86.6 cm³/mol. The van der Waals surface area contributed by atoms with Gasteiger partial charge in [-0.3, -0.25) is 9.36 Å². The number of hydrogen-bond acceptors (Lipinski definition) is 4. The predicted octanol–water partition coefficient (Wildman–Crippen LogP) is 2.69. The summed E-state index contributed by atoms with van der Waals surface area (Å²) >= 11 is 0. The number of fused-ring (bicyclic) bond motifs is 3. The van der Waals surface area contributed by atoms with Crippen molar-refractivity contribution in [3.05, 3.63) is 77.9 Å². The van der Waals surface area contributed by atoms with E-state index >= 15 is 0 Å². The molecular weight excluding hydrogens is 290 g/mol. The Morgan fingerprint density at radius 3 is 2.61 bits per heavy atom. The van der Waals surface area contributed by atoms with E-state index in [1.807, 2.05) is 42.5 Å². The van der Waals surface area contributed by atoms with Gasteiger partial charge in [-0.25, -0.2) is 4.98 Å². The molecule has 0 fully saturated rings. The van der Waals surface area contributed by atoms with Crippen LogP contribution in [-0.4, -0.2) is 20.4 Å². The van der Waals surface area contributed by atoms with Crippen LogP contribution in [0.15, 0.2) is 60.8 Å². The molecule has 114 valence electrons. The van der Waals surface area contributed by atoms with Gasteiger partial charge >= 0.3 is 0 Å². The lowest BCUT2D eigenvalue weighted by Crippen LogP contribution is -2.38. The van der Waals surface area contributed by atoms with Crippen molar-refractivity contribution in [3.63, 3.8) is 0 Å². The summed E-state index contributed by atoms with van der Waals surface area (Å²) in [6.07, 6.45) is 1.68. The molecule has 1 aliphatic rings. The lowest BCUT2D eigenvalue weighted by atomic mass is 10.1. The first-order valence-electron chi connectivity index (χ1n) is 7.36. The van der Waals surface area contributed by atoms with Crippen molar-refractivity contribution < 1.29 is 9.90 Å². The van der Waals surface area contributed by atoms with Crippen molar-refractivity contribution in [2.45, 2.75) is 12.6 Å². The minimum Gasteiger partial charge on any atom is -0.365 e. The second-order valence-electron chi connectivity index (χ2n) is 5.73. The van der Waals surface area contributed by atoms with Gasteiger partial charge in [-0.1, -0.05) is 42.5 Å². The molecule has 1 aliphatic heterocycles. The van der Waals surface area contributed by atoms with Crippen molar-refractivity contribution in [2.75, 3.05) is 5.32 Å². The number of ketones is 1. The van der Waals surface area contributed by atoms with Crippen LogP contribution in [0, 0.1) is 0 Å². The van der Waals surface area contributed by atoms with Gasteiger partial charge in [0.05, 0.1) is 11.4 Å². The summed E-state index contributed by atoms with van der Waals surface area (Å²) < 4.78 is 1.77. The first-order valence-corrected chi connectivity index (χ1v) is 7.36. The van der Waals surface area contributed by atoms with Gasteiger partial charge in [0.2, 0.25) is 5.78 Å². The summed E-state index contributed by atoms with van der Waals surface area (Å²) in [7, 11) is 0. The number of imidazole rings is 1. The number of para-hydroxylation sites is 2. The minimum atomic E-state index is -1.34. The third-order valence-electron chi connectivity index (χ3n) is 3.95. The molecule has 0 bridgehead atoms. The average Bonchev–Trinajstić information content (AvgIpc) is 3.01. The fraction of sp³-hybridized carbons (Fsp3) is 0.111. The fourth-order valence-electron chi connectivity index (χ4n) is 2.86. The molecule has 5 nitrogen and oxygen atoms in total. The Kier molecular flexibility index (Phi) is 2.86. The van der Waals surface area contributed by atoms with Gasteiger partial charge in [0.25, 0.3) is 0 Å². The highest BCUT2D eigenvalue weighted by Gasteiger charge is 2.35. The number of aromatic nitrogens is 2. The molecule has 5 heteroatoms. The van der Waals surface area contributed by atoms with Crippen LogP contribution < -0.4 is 5.32 Å². The maximum Gasteiger partial charge on any atom is 0.212 e. The van der Waals surface area contributed by atoms with E-state index in [1.165, 1.54) is 0 Å². The summed E-state index contributed by atoms with van der Waals surface area (Å²) in [5.74, 6) is 0.233. The van der Waals surface area contributed by atoms with Crippen LogP contribution in [0.1, 0.15) is 28.8 Å². The quantitative estimate of drug-likeness (QED) is 0.714. The van der Waals surface area contributed by atoms with Crippen LogP contribution in [0.5, 0.6) is 0 Å². The average molecular weight is 305 g/mol. The van der Waals surface area contributed by atoms with Gasteiger partial charge in [0.15, 0.2) is 11.5 Å². The summed E-state index contributed by atoms with van der Waals surface area (Å²) in [6, 6.07) is 16.6. The Balaban J connectivity index is 1.86. The molecule has 23 heavy (non-hydrogen) atoms. The maximum atomic E-state index is 12.6. The monoisotopic (exact) mass is 305 g/mol. The van der Waals surface area contributed by atoms with Crippen LogP contribution >= 0.6 is 0 Å². The Morgan fingerprint density at radius 2 is 1.83 bits per heavy atom. The standard InChI is InChI=1S/C18H15N3O2/c1-18(23)17-19-14(16(22)12-7-3-2-4-8-12)11-21(17)15-10-6-5-9-13(15)20-18/h2-11,20,23H,1H3. The third-order valence-corrected chi connectivity index (χ3v) is 3.95. The molecule has 2 aromatic carbocycles. The number of nitrogens with zero attached hydrogens (tertiary/aromatic N) is 2. The van der Waals surface area contributed by atoms with E-state index in [4.69, 9.17) is 0 Å². The van der Waals surface area contributed by atoms with Gasteiger partial charge < -0.3 is 10.4 Å². The van der Waals surface area contributed by atoms with Crippen LogP contribution in [0.25, 0.3) is 5.69 Å². The molecule has 3 aromatic rings. The molecule has 2 N–H and O–H groups in total. The lowest BCUT2D eigenvalue weighted by molar-refractivity contribution is 0.0746. The molecule has 0 saturated heterocycles. The highest BCUT2D eigenvalue weighted by atomic mass is 16.3. The molecule has 1 atom stereocenters. The molecular formula is C18H15N3O2. The van der Waals surface area contributed by atoms with E-state index in [0.717, 1.165) is 11.4 Å². The van der Waals surface area contributed by atoms with Crippen LogP contribution in [0.3, 0.4) is 0 Å². The smallest absolute Gasteiger partial charge is 0.212 e. The molecule has 1 aromatic heterocycles. The van der Waals surface area contributed by atoms with Gasteiger partial charge in [0.1, 0.15) is 5.69 Å². The lowest BCUT2D eigenvalue weighted by Gasteiger charge is -2.32. The number of carbonyl (C=O) groups excluding carboxylic acids is 1. The Morgan fingerprint density at radius 1 is 1.13 bits per heavy atom. The molecule has 2 heterocycles. The van der Waals surface area contributed by atoms with Gasteiger partial charge in [-0.2, -0.15) is 0 Å². The summed E-state index contributed by atoms with van der Waals surface area (Å²) in [6.45, 7) is 1.62. The maximum absolute atomic E-state index is 12.6. The van der Waals surface area contributed by atoms with Gasteiger partial charge in [-0.05, 0) is 19.1 Å². The Labute approximate surface area is 133 Å². The molecule has 0 radical (unpaired) electrons. The minimum absolute atomic E-state index is 0.166. The molecule has 1 unspecified atom stereocenters. The zero-order valence-electron chi connectivity index (χ0n) is 12.5. The van der Waals surface area contributed by atoms with E-state index in [1.54, 1.807) is 29.8 Å². The van der Waals surface area contributed by atoms with Gasteiger partial charge in [0, 0.05) is 11.8 Å². The first kappa shape index (κ1) is 13.7. The highest BCUT2D eigenvalue weighted by Crippen LogP contribution is 2.35. The number of hydrogen-bond donors (Lipinski definition) is 2. The van der Waals surface area contributed by atoms with Crippen molar-refractivity contribution in [2.24, 2.45) is 0 Å². The van der Waals surface area contributed by atoms with Crippen molar-refractivity contribution >= 4 is 11.5 Å². The summed E-state index contributed by atoms with van der Waals surface area (Å²) in [5.41, 5.74) is 1.19. The van der Waals surface area contributed by atoms with E-state index < -0.39 is 5.72 Å². The number of benzene rings is 2. The largest absolute Gasteiger partial charge is 0.365 e. The molecule has 4 rings (SSSR count). The Bertz CT molecular complexity index is 898.